The van der Waals surface area contributed by atoms with E-state index in [-0.39, 0.29) is 17.7 Å². The van der Waals surface area contributed by atoms with Crippen LogP contribution in [0.2, 0.25) is 0 Å². The van der Waals surface area contributed by atoms with Crippen molar-refractivity contribution in [1.29, 1.82) is 0 Å². The van der Waals surface area contributed by atoms with Gasteiger partial charge in [-0.1, -0.05) is 0 Å². The maximum atomic E-state index is 11.7. The molecule has 1 saturated heterocycles. The second-order valence-electron chi connectivity index (χ2n) is 4.61. The van der Waals surface area contributed by atoms with Gasteiger partial charge >= 0.3 is 5.97 Å². The SMILES string of the molecule is CCOC(=O)C1(COC2CCCCO2)CC1. The number of carbonyl (C=O) groups is 1. The largest absolute Gasteiger partial charge is 0.465 e. The molecular formula is C12H20O4. The molecule has 1 unspecified atom stereocenters. The van der Waals surface area contributed by atoms with Gasteiger partial charge in [0.15, 0.2) is 6.29 Å². The summed E-state index contributed by atoms with van der Waals surface area (Å²) in [5.74, 6) is -0.106. The Bertz CT molecular complexity index is 241. The lowest BCUT2D eigenvalue weighted by Crippen LogP contribution is -2.30. The van der Waals surface area contributed by atoms with Crippen molar-refractivity contribution in [3.05, 3.63) is 0 Å². The quantitative estimate of drug-likeness (QED) is 0.674. The third-order valence-corrected chi connectivity index (χ3v) is 3.25. The van der Waals surface area contributed by atoms with Crippen molar-refractivity contribution < 1.29 is 19.0 Å². The molecule has 4 heteroatoms. The molecule has 0 aromatic rings. The van der Waals surface area contributed by atoms with Gasteiger partial charge in [0, 0.05) is 6.61 Å². The average molecular weight is 228 g/mol. The van der Waals surface area contributed by atoms with Crippen LogP contribution in [-0.2, 0) is 19.0 Å². The first kappa shape index (κ1) is 11.9. The first-order valence-corrected chi connectivity index (χ1v) is 6.17. The zero-order valence-corrected chi connectivity index (χ0v) is 9.87. The van der Waals surface area contributed by atoms with Gasteiger partial charge in [-0.25, -0.2) is 0 Å². The van der Waals surface area contributed by atoms with Crippen LogP contribution in [0.4, 0.5) is 0 Å². The van der Waals surface area contributed by atoms with E-state index in [1.165, 1.54) is 0 Å². The first-order valence-electron chi connectivity index (χ1n) is 6.17. The minimum Gasteiger partial charge on any atom is -0.465 e. The molecule has 2 rings (SSSR count). The van der Waals surface area contributed by atoms with Gasteiger partial charge < -0.3 is 14.2 Å². The van der Waals surface area contributed by atoms with E-state index in [9.17, 15) is 4.79 Å². The standard InChI is InChI=1S/C12H20O4/c1-2-14-11(13)12(6-7-12)9-16-10-5-3-4-8-15-10/h10H,2-9H2,1H3. The van der Waals surface area contributed by atoms with Gasteiger partial charge in [-0.05, 0) is 39.0 Å². The number of ether oxygens (including phenoxy) is 3. The van der Waals surface area contributed by atoms with Crippen molar-refractivity contribution in [1.82, 2.24) is 0 Å². The molecule has 4 nitrogen and oxygen atoms in total. The molecule has 1 aliphatic carbocycles. The van der Waals surface area contributed by atoms with Gasteiger partial charge in [-0.15, -0.1) is 0 Å². The molecular weight excluding hydrogens is 208 g/mol. The predicted octanol–water partition coefficient (Wildman–Crippen LogP) is 1.87. The lowest BCUT2D eigenvalue weighted by atomic mass is 10.1. The Morgan fingerprint density at radius 2 is 2.25 bits per heavy atom. The smallest absolute Gasteiger partial charge is 0.314 e. The Morgan fingerprint density at radius 3 is 2.81 bits per heavy atom. The van der Waals surface area contributed by atoms with E-state index in [1.54, 1.807) is 0 Å². The highest BCUT2D eigenvalue weighted by Crippen LogP contribution is 2.47. The van der Waals surface area contributed by atoms with E-state index in [4.69, 9.17) is 14.2 Å². The summed E-state index contributed by atoms with van der Waals surface area (Å²) in [6.07, 6.45) is 4.87. The van der Waals surface area contributed by atoms with Crippen molar-refractivity contribution in [3.8, 4) is 0 Å². The Balaban J connectivity index is 1.74. The van der Waals surface area contributed by atoms with E-state index in [0.717, 1.165) is 38.7 Å². The Morgan fingerprint density at radius 1 is 1.44 bits per heavy atom. The van der Waals surface area contributed by atoms with E-state index in [2.05, 4.69) is 0 Å². The van der Waals surface area contributed by atoms with Crippen LogP contribution in [-0.4, -0.2) is 32.1 Å². The zero-order chi connectivity index (χ0) is 11.4. The van der Waals surface area contributed by atoms with E-state index in [1.807, 2.05) is 6.92 Å². The molecule has 0 aromatic heterocycles. The lowest BCUT2D eigenvalue weighted by molar-refractivity contribution is -0.180. The summed E-state index contributed by atoms with van der Waals surface area (Å²) in [4.78, 5) is 11.7. The third-order valence-electron chi connectivity index (χ3n) is 3.25. The molecule has 0 aromatic carbocycles. The van der Waals surface area contributed by atoms with Gasteiger partial charge in [-0.2, -0.15) is 0 Å². The summed E-state index contributed by atoms with van der Waals surface area (Å²) in [6.45, 7) is 3.51. The van der Waals surface area contributed by atoms with Crippen LogP contribution >= 0.6 is 0 Å². The summed E-state index contributed by atoms with van der Waals surface area (Å²) in [7, 11) is 0. The second-order valence-corrected chi connectivity index (χ2v) is 4.61. The minimum atomic E-state index is -0.350. The van der Waals surface area contributed by atoms with E-state index >= 15 is 0 Å². The third kappa shape index (κ3) is 2.74. The predicted molar refractivity (Wildman–Crippen MR) is 57.8 cm³/mol. The van der Waals surface area contributed by atoms with Crippen LogP contribution in [0.1, 0.15) is 39.0 Å². The molecule has 0 spiro atoms. The number of rotatable bonds is 5. The number of esters is 1. The maximum Gasteiger partial charge on any atom is 0.314 e. The molecule has 2 aliphatic rings. The van der Waals surface area contributed by atoms with Crippen LogP contribution in [0.5, 0.6) is 0 Å². The summed E-state index contributed by atoms with van der Waals surface area (Å²) in [5, 5.41) is 0. The molecule has 0 radical (unpaired) electrons. The Hall–Kier alpha value is -0.610. The van der Waals surface area contributed by atoms with Crippen molar-refractivity contribution in [2.24, 2.45) is 5.41 Å². The average Bonchev–Trinajstić information content (AvgIpc) is 3.09. The molecule has 1 atom stereocenters. The van der Waals surface area contributed by atoms with Crippen LogP contribution < -0.4 is 0 Å². The molecule has 92 valence electrons. The summed E-state index contributed by atoms with van der Waals surface area (Å²) < 4.78 is 16.2. The second kappa shape index (κ2) is 5.15. The normalized spacial score (nSPS) is 27.4. The summed E-state index contributed by atoms with van der Waals surface area (Å²) in [6, 6.07) is 0. The lowest BCUT2D eigenvalue weighted by Gasteiger charge is -2.24. The highest BCUT2D eigenvalue weighted by atomic mass is 16.7. The van der Waals surface area contributed by atoms with E-state index in [0.29, 0.717) is 13.2 Å². The highest BCUT2D eigenvalue weighted by Gasteiger charge is 2.52. The molecule has 2 fully saturated rings. The Labute approximate surface area is 96.2 Å². The molecule has 1 aliphatic heterocycles. The van der Waals surface area contributed by atoms with Gasteiger partial charge in [0.2, 0.25) is 0 Å². The maximum absolute atomic E-state index is 11.7. The molecule has 0 bridgehead atoms. The minimum absolute atomic E-state index is 0.106. The van der Waals surface area contributed by atoms with Gasteiger partial charge in [-0.3, -0.25) is 4.79 Å². The molecule has 1 heterocycles. The fraction of sp³-hybridized carbons (Fsp3) is 0.917. The van der Waals surface area contributed by atoms with Crippen molar-refractivity contribution in [2.45, 2.75) is 45.3 Å². The number of hydrogen-bond acceptors (Lipinski definition) is 4. The number of hydrogen-bond donors (Lipinski definition) is 0. The molecule has 16 heavy (non-hydrogen) atoms. The van der Waals surface area contributed by atoms with Crippen molar-refractivity contribution in [3.63, 3.8) is 0 Å². The van der Waals surface area contributed by atoms with Gasteiger partial charge in [0.1, 0.15) is 0 Å². The first-order chi connectivity index (χ1) is 7.77. The number of carbonyl (C=O) groups excluding carboxylic acids is 1. The van der Waals surface area contributed by atoms with Crippen LogP contribution in [0.15, 0.2) is 0 Å². The molecule has 0 N–H and O–H groups in total. The molecule has 0 amide bonds. The van der Waals surface area contributed by atoms with Crippen molar-refractivity contribution in [2.75, 3.05) is 19.8 Å². The topological polar surface area (TPSA) is 44.8 Å². The molecule has 1 saturated carbocycles. The van der Waals surface area contributed by atoms with E-state index < -0.39 is 0 Å². The zero-order valence-electron chi connectivity index (χ0n) is 9.87. The van der Waals surface area contributed by atoms with Crippen LogP contribution in [0.25, 0.3) is 0 Å². The fourth-order valence-electron chi connectivity index (χ4n) is 1.94. The van der Waals surface area contributed by atoms with Gasteiger partial charge in [0.25, 0.3) is 0 Å². The summed E-state index contributed by atoms with van der Waals surface area (Å²) >= 11 is 0. The van der Waals surface area contributed by atoms with Crippen LogP contribution in [0, 0.1) is 5.41 Å². The highest BCUT2D eigenvalue weighted by molar-refractivity contribution is 5.80. The van der Waals surface area contributed by atoms with Crippen LogP contribution in [0.3, 0.4) is 0 Å². The van der Waals surface area contributed by atoms with Crippen molar-refractivity contribution >= 4 is 5.97 Å². The summed E-state index contributed by atoms with van der Waals surface area (Å²) in [5.41, 5.74) is -0.350. The Kier molecular flexibility index (Phi) is 3.82. The monoisotopic (exact) mass is 228 g/mol. The fourth-order valence-corrected chi connectivity index (χ4v) is 1.94. The van der Waals surface area contributed by atoms with Gasteiger partial charge in [0.05, 0.1) is 18.6 Å².